The number of aryl methyl sites for hydroxylation is 1. The van der Waals surface area contributed by atoms with Gasteiger partial charge in [-0.05, 0) is 30.4 Å². The summed E-state index contributed by atoms with van der Waals surface area (Å²) in [4.78, 5) is 14.2. The fourth-order valence-corrected chi connectivity index (χ4v) is 2.56. The minimum Gasteiger partial charge on any atom is -0.381 e. The van der Waals surface area contributed by atoms with Crippen molar-refractivity contribution in [2.45, 2.75) is 38.3 Å². The van der Waals surface area contributed by atoms with Gasteiger partial charge in [0.25, 0.3) is 0 Å². The third-order valence-corrected chi connectivity index (χ3v) is 4.01. The quantitative estimate of drug-likeness (QED) is 0.926. The molecule has 0 spiro atoms. The molecule has 4 nitrogen and oxygen atoms in total. The van der Waals surface area contributed by atoms with E-state index >= 15 is 0 Å². The van der Waals surface area contributed by atoms with Crippen molar-refractivity contribution in [1.82, 2.24) is 4.90 Å². The fourth-order valence-electron chi connectivity index (χ4n) is 2.56. The number of likely N-dealkylation sites (N-methyl/N-ethyl adjacent to an activating group) is 1. The number of nitrogens with two attached hydrogens (primary N) is 1. The maximum Gasteiger partial charge on any atom is 0.242 e. The van der Waals surface area contributed by atoms with Crippen molar-refractivity contribution in [3.05, 3.63) is 35.4 Å². The molecule has 1 heterocycles. The van der Waals surface area contributed by atoms with Gasteiger partial charge in [0.05, 0.1) is 5.54 Å². The molecule has 1 aliphatic rings. The summed E-state index contributed by atoms with van der Waals surface area (Å²) in [5, 5.41) is 0. The topological polar surface area (TPSA) is 55.6 Å². The van der Waals surface area contributed by atoms with Crippen molar-refractivity contribution in [2.24, 2.45) is 5.73 Å². The Bertz CT molecular complexity index is 456. The largest absolute Gasteiger partial charge is 0.381 e. The Kier molecular flexibility index (Phi) is 6.65. The van der Waals surface area contributed by atoms with Crippen molar-refractivity contribution in [3.63, 3.8) is 0 Å². The number of carbonyl (C=O) groups is 1. The molecule has 1 amide bonds. The Morgan fingerprint density at radius 2 is 1.76 bits per heavy atom. The molecule has 0 saturated carbocycles. The lowest BCUT2D eigenvalue weighted by molar-refractivity contribution is -0.139. The Hall–Kier alpha value is -1.10. The van der Waals surface area contributed by atoms with Gasteiger partial charge in [0.1, 0.15) is 0 Å². The van der Waals surface area contributed by atoms with Gasteiger partial charge in [-0.25, -0.2) is 0 Å². The number of benzene rings is 1. The summed E-state index contributed by atoms with van der Waals surface area (Å²) in [6, 6.07) is 8.38. The normalized spacial score (nSPS) is 16.9. The van der Waals surface area contributed by atoms with Crippen molar-refractivity contribution in [3.8, 4) is 0 Å². The van der Waals surface area contributed by atoms with Crippen molar-refractivity contribution in [1.29, 1.82) is 0 Å². The van der Waals surface area contributed by atoms with Crippen LogP contribution in [0.4, 0.5) is 0 Å². The highest BCUT2D eigenvalue weighted by molar-refractivity contribution is 5.86. The summed E-state index contributed by atoms with van der Waals surface area (Å²) in [6.07, 6.45) is 2.23. The number of nitrogens with zero attached hydrogens (tertiary/aromatic N) is 1. The smallest absolute Gasteiger partial charge is 0.242 e. The summed E-state index contributed by atoms with van der Waals surface area (Å²) >= 11 is 0. The standard InChI is InChI=1S/C16H24N2O2.ClH/c1-3-13-4-6-14(7-5-13)12-18(2)15(19)16(17)8-10-20-11-9-16;/h4-7H,3,8-12,17H2,1-2H3;1H. The molecule has 118 valence electrons. The van der Waals surface area contributed by atoms with Crippen LogP contribution in [0.5, 0.6) is 0 Å². The number of ether oxygens (including phenoxy) is 1. The summed E-state index contributed by atoms with van der Waals surface area (Å²) < 4.78 is 5.29. The van der Waals surface area contributed by atoms with Gasteiger partial charge in [0.2, 0.25) is 5.91 Å². The summed E-state index contributed by atoms with van der Waals surface area (Å²) in [5.41, 5.74) is 7.92. The van der Waals surface area contributed by atoms with E-state index < -0.39 is 5.54 Å². The molecule has 0 aromatic heterocycles. The van der Waals surface area contributed by atoms with Crippen molar-refractivity contribution < 1.29 is 9.53 Å². The first kappa shape index (κ1) is 18.0. The third-order valence-electron chi connectivity index (χ3n) is 4.01. The first-order chi connectivity index (χ1) is 9.55. The molecule has 1 aliphatic heterocycles. The number of carbonyl (C=O) groups excluding carboxylic acids is 1. The van der Waals surface area contributed by atoms with E-state index in [-0.39, 0.29) is 18.3 Å². The molecule has 1 saturated heterocycles. The lowest BCUT2D eigenvalue weighted by atomic mass is 9.89. The van der Waals surface area contributed by atoms with E-state index in [1.807, 2.05) is 7.05 Å². The van der Waals surface area contributed by atoms with Crippen LogP contribution in [0.2, 0.25) is 0 Å². The van der Waals surface area contributed by atoms with Crippen LogP contribution < -0.4 is 5.73 Å². The molecule has 0 bridgehead atoms. The second-order valence-electron chi connectivity index (χ2n) is 5.60. The van der Waals surface area contributed by atoms with Crippen LogP contribution in [0.15, 0.2) is 24.3 Å². The highest BCUT2D eigenvalue weighted by atomic mass is 35.5. The molecule has 0 unspecified atom stereocenters. The highest BCUT2D eigenvalue weighted by Crippen LogP contribution is 2.21. The predicted octanol–water partition coefficient (Wildman–Crippen LogP) is 2.14. The van der Waals surface area contributed by atoms with Crippen LogP contribution in [-0.4, -0.2) is 36.6 Å². The molecular formula is C16H25ClN2O2. The van der Waals surface area contributed by atoms with E-state index in [2.05, 4.69) is 31.2 Å². The first-order valence-electron chi connectivity index (χ1n) is 7.25. The molecule has 0 aliphatic carbocycles. The van der Waals surface area contributed by atoms with Crippen LogP contribution >= 0.6 is 12.4 Å². The average Bonchev–Trinajstić information content (AvgIpc) is 2.48. The average molecular weight is 313 g/mol. The van der Waals surface area contributed by atoms with E-state index in [1.165, 1.54) is 5.56 Å². The first-order valence-corrected chi connectivity index (χ1v) is 7.25. The second-order valence-corrected chi connectivity index (χ2v) is 5.60. The Morgan fingerprint density at radius 3 is 2.29 bits per heavy atom. The van der Waals surface area contributed by atoms with E-state index in [4.69, 9.17) is 10.5 Å². The number of hydrogen-bond donors (Lipinski definition) is 1. The van der Waals surface area contributed by atoms with Gasteiger partial charge in [-0.1, -0.05) is 31.2 Å². The third kappa shape index (κ3) is 4.43. The Balaban J connectivity index is 0.00000220. The van der Waals surface area contributed by atoms with Gasteiger partial charge in [-0.15, -0.1) is 12.4 Å². The van der Waals surface area contributed by atoms with E-state index in [9.17, 15) is 4.79 Å². The molecule has 0 atom stereocenters. The van der Waals surface area contributed by atoms with Crippen LogP contribution in [-0.2, 0) is 22.5 Å². The van der Waals surface area contributed by atoms with Crippen LogP contribution in [0.1, 0.15) is 30.9 Å². The molecule has 1 fully saturated rings. The van der Waals surface area contributed by atoms with Gasteiger partial charge < -0.3 is 15.4 Å². The molecule has 2 N–H and O–H groups in total. The minimum atomic E-state index is -0.754. The fraction of sp³-hybridized carbons (Fsp3) is 0.562. The Labute approximate surface area is 133 Å². The van der Waals surface area contributed by atoms with Gasteiger partial charge in [0, 0.05) is 26.8 Å². The second kappa shape index (κ2) is 7.78. The highest BCUT2D eigenvalue weighted by Gasteiger charge is 2.37. The van der Waals surface area contributed by atoms with Gasteiger partial charge >= 0.3 is 0 Å². The van der Waals surface area contributed by atoms with E-state index in [0.29, 0.717) is 32.6 Å². The molecular weight excluding hydrogens is 288 g/mol. The van der Waals surface area contributed by atoms with Crippen molar-refractivity contribution in [2.75, 3.05) is 20.3 Å². The summed E-state index contributed by atoms with van der Waals surface area (Å²) in [6.45, 7) is 3.87. The summed E-state index contributed by atoms with van der Waals surface area (Å²) in [5.74, 6) is 0.0142. The SMILES string of the molecule is CCc1ccc(CN(C)C(=O)C2(N)CCOCC2)cc1.Cl. The van der Waals surface area contributed by atoms with Gasteiger partial charge in [0.15, 0.2) is 0 Å². The Morgan fingerprint density at radius 1 is 1.24 bits per heavy atom. The molecule has 2 rings (SSSR count). The molecule has 21 heavy (non-hydrogen) atoms. The van der Waals surface area contributed by atoms with Crippen LogP contribution in [0.25, 0.3) is 0 Å². The molecule has 1 aromatic carbocycles. The van der Waals surface area contributed by atoms with Crippen LogP contribution in [0.3, 0.4) is 0 Å². The van der Waals surface area contributed by atoms with Gasteiger partial charge in [-0.3, -0.25) is 4.79 Å². The number of amides is 1. The van der Waals surface area contributed by atoms with Crippen molar-refractivity contribution >= 4 is 18.3 Å². The number of hydrogen-bond acceptors (Lipinski definition) is 3. The maximum absolute atomic E-state index is 12.5. The van der Waals surface area contributed by atoms with Gasteiger partial charge in [-0.2, -0.15) is 0 Å². The molecule has 1 aromatic rings. The number of rotatable bonds is 4. The predicted molar refractivity (Wildman–Crippen MR) is 86.5 cm³/mol. The zero-order valence-electron chi connectivity index (χ0n) is 12.8. The van der Waals surface area contributed by atoms with E-state index in [0.717, 1.165) is 12.0 Å². The van der Waals surface area contributed by atoms with E-state index in [1.54, 1.807) is 4.90 Å². The molecule has 5 heteroatoms. The monoisotopic (exact) mass is 312 g/mol. The maximum atomic E-state index is 12.5. The zero-order chi connectivity index (χ0) is 14.6. The lowest BCUT2D eigenvalue weighted by Gasteiger charge is -2.35. The minimum absolute atomic E-state index is 0. The number of halogens is 1. The lowest BCUT2D eigenvalue weighted by Crippen LogP contribution is -2.57. The summed E-state index contributed by atoms with van der Waals surface area (Å²) in [7, 11) is 1.82. The zero-order valence-corrected chi connectivity index (χ0v) is 13.6. The van der Waals surface area contributed by atoms with Crippen LogP contribution in [0, 0.1) is 0 Å². The molecule has 0 radical (unpaired) electrons.